The van der Waals surface area contributed by atoms with Gasteiger partial charge in [0, 0.05) is 12.1 Å². The van der Waals surface area contributed by atoms with Gasteiger partial charge in [0.1, 0.15) is 5.76 Å². The first-order chi connectivity index (χ1) is 14.0. The van der Waals surface area contributed by atoms with Gasteiger partial charge in [0.05, 0.1) is 0 Å². The van der Waals surface area contributed by atoms with E-state index in [1.807, 2.05) is 67.6 Å². The maximum atomic E-state index is 12.5. The number of carbonyl (C=O) groups is 2. The topological polar surface area (TPSA) is 81.4 Å². The van der Waals surface area contributed by atoms with Crippen LogP contribution in [-0.4, -0.2) is 29.5 Å². The van der Waals surface area contributed by atoms with Crippen molar-refractivity contribution in [1.29, 1.82) is 0 Å². The van der Waals surface area contributed by atoms with Crippen molar-refractivity contribution in [2.75, 3.05) is 6.54 Å². The second-order valence-electron chi connectivity index (χ2n) is 6.89. The first kappa shape index (κ1) is 20.3. The number of hydrogen-bond acceptors (Lipinski definition) is 5. The van der Waals surface area contributed by atoms with Gasteiger partial charge in [-0.1, -0.05) is 55.5 Å². The highest BCUT2D eigenvalue weighted by molar-refractivity contribution is 5.91. The van der Waals surface area contributed by atoms with Crippen molar-refractivity contribution in [3.05, 3.63) is 77.7 Å². The third-order valence-corrected chi connectivity index (χ3v) is 4.61. The number of aromatic nitrogens is 1. The van der Waals surface area contributed by atoms with Crippen LogP contribution in [0.25, 0.3) is 11.5 Å². The second-order valence-corrected chi connectivity index (χ2v) is 6.89. The maximum Gasteiger partial charge on any atom is 0.361 e. The molecule has 1 aromatic heterocycles. The van der Waals surface area contributed by atoms with Gasteiger partial charge in [0.2, 0.25) is 5.89 Å². The van der Waals surface area contributed by atoms with Crippen LogP contribution in [0, 0.1) is 6.92 Å². The predicted molar refractivity (Wildman–Crippen MR) is 109 cm³/mol. The highest BCUT2D eigenvalue weighted by atomic mass is 16.5. The fourth-order valence-corrected chi connectivity index (χ4v) is 2.86. The minimum absolute atomic E-state index is 0.0705. The first-order valence-corrected chi connectivity index (χ1v) is 9.52. The van der Waals surface area contributed by atoms with E-state index in [9.17, 15) is 9.59 Å². The van der Waals surface area contributed by atoms with E-state index in [0.717, 1.165) is 11.1 Å². The molecule has 0 unspecified atom stereocenters. The molecule has 0 aliphatic heterocycles. The molecule has 0 aliphatic carbocycles. The lowest BCUT2D eigenvalue weighted by atomic mass is 10.0. The number of amides is 1. The monoisotopic (exact) mass is 392 g/mol. The fraction of sp³-hybridized carbons (Fsp3) is 0.261. The van der Waals surface area contributed by atoms with Gasteiger partial charge >= 0.3 is 5.97 Å². The van der Waals surface area contributed by atoms with E-state index in [4.69, 9.17) is 9.15 Å². The maximum absolute atomic E-state index is 12.5. The summed E-state index contributed by atoms with van der Waals surface area (Å²) in [6.07, 6.45) is -0.943. The number of aryl methyl sites for hydroxylation is 1. The van der Waals surface area contributed by atoms with Gasteiger partial charge in [0.15, 0.2) is 11.8 Å². The molecule has 2 aromatic carbocycles. The number of oxazole rings is 1. The van der Waals surface area contributed by atoms with Crippen molar-refractivity contribution in [3.8, 4) is 11.5 Å². The number of esters is 1. The number of ether oxygens (including phenoxy) is 1. The summed E-state index contributed by atoms with van der Waals surface area (Å²) in [6, 6.07) is 19.2. The largest absolute Gasteiger partial charge is 0.448 e. The van der Waals surface area contributed by atoms with E-state index < -0.39 is 12.1 Å². The Bertz CT molecular complexity index is 967. The van der Waals surface area contributed by atoms with E-state index in [0.29, 0.717) is 18.2 Å². The van der Waals surface area contributed by atoms with Crippen LogP contribution in [0.3, 0.4) is 0 Å². The van der Waals surface area contributed by atoms with Gasteiger partial charge in [-0.05, 0) is 37.5 Å². The Morgan fingerprint density at radius 1 is 1.03 bits per heavy atom. The average molecular weight is 392 g/mol. The predicted octanol–water partition coefficient (Wildman–Crippen LogP) is 4.12. The third kappa shape index (κ3) is 5.10. The van der Waals surface area contributed by atoms with Crippen LogP contribution in [0.4, 0.5) is 0 Å². The summed E-state index contributed by atoms with van der Waals surface area (Å²) in [5, 5.41) is 2.82. The number of benzene rings is 2. The minimum Gasteiger partial charge on any atom is -0.448 e. The average Bonchev–Trinajstić information content (AvgIpc) is 3.14. The molecule has 0 radical (unpaired) electrons. The van der Waals surface area contributed by atoms with Gasteiger partial charge in [-0.25, -0.2) is 9.78 Å². The van der Waals surface area contributed by atoms with Crippen LogP contribution in [0.2, 0.25) is 0 Å². The number of hydrogen-bond donors (Lipinski definition) is 1. The lowest BCUT2D eigenvalue weighted by Crippen LogP contribution is -2.37. The molecule has 29 heavy (non-hydrogen) atoms. The Morgan fingerprint density at radius 3 is 2.31 bits per heavy atom. The van der Waals surface area contributed by atoms with E-state index in [2.05, 4.69) is 10.3 Å². The summed E-state index contributed by atoms with van der Waals surface area (Å²) in [4.78, 5) is 29.0. The highest BCUT2D eigenvalue weighted by Crippen LogP contribution is 2.22. The van der Waals surface area contributed by atoms with Crippen LogP contribution < -0.4 is 5.32 Å². The van der Waals surface area contributed by atoms with Gasteiger partial charge in [-0.15, -0.1) is 0 Å². The van der Waals surface area contributed by atoms with Crippen LogP contribution in [-0.2, 0) is 9.53 Å². The molecule has 0 fully saturated rings. The molecular formula is C23H24N2O4. The smallest absolute Gasteiger partial charge is 0.361 e. The Morgan fingerprint density at radius 2 is 1.66 bits per heavy atom. The zero-order chi connectivity index (χ0) is 20.8. The number of rotatable bonds is 7. The standard InChI is InChI=1S/C23H24N2O4/c1-15(18-10-6-4-7-11-18)14-24-21(26)17(3)29-23(27)20-16(2)28-22(25-20)19-12-8-5-9-13-19/h4-13,15,17H,14H2,1-3H3,(H,24,26)/t15-,17+/m1/s1. The molecule has 0 saturated heterocycles. The molecule has 0 saturated carbocycles. The number of nitrogens with zero attached hydrogens (tertiary/aromatic N) is 1. The van der Waals surface area contributed by atoms with E-state index in [-0.39, 0.29) is 17.5 Å². The summed E-state index contributed by atoms with van der Waals surface area (Å²) in [5.74, 6) is -0.213. The Kier molecular flexibility index (Phi) is 6.44. The van der Waals surface area contributed by atoms with Crippen molar-refractivity contribution in [2.24, 2.45) is 0 Å². The summed E-state index contributed by atoms with van der Waals surface area (Å²) >= 11 is 0. The molecule has 1 heterocycles. The van der Waals surface area contributed by atoms with Crippen molar-refractivity contribution >= 4 is 11.9 Å². The van der Waals surface area contributed by atoms with Gasteiger partial charge in [-0.3, -0.25) is 4.79 Å². The van der Waals surface area contributed by atoms with E-state index >= 15 is 0 Å². The first-order valence-electron chi connectivity index (χ1n) is 9.52. The van der Waals surface area contributed by atoms with Crippen molar-refractivity contribution in [2.45, 2.75) is 32.8 Å². The lowest BCUT2D eigenvalue weighted by Gasteiger charge is -2.16. The molecule has 3 rings (SSSR count). The van der Waals surface area contributed by atoms with Gasteiger partial charge in [-0.2, -0.15) is 0 Å². The normalized spacial score (nSPS) is 12.8. The fourth-order valence-electron chi connectivity index (χ4n) is 2.86. The Hall–Kier alpha value is -3.41. The second kappa shape index (κ2) is 9.19. The zero-order valence-corrected chi connectivity index (χ0v) is 16.7. The molecule has 2 atom stereocenters. The Balaban J connectivity index is 1.57. The number of carbonyl (C=O) groups excluding carboxylic acids is 2. The Labute approximate surface area is 169 Å². The number of nitrogens with one attached hydrogen (secondary N) is 1. The van der Waals surface area contributed by atoms with E-state index in [1.54, 1.807) is 6.92 Å². The summed E-state index contributed by atoms with van der Waals surface area (Å²) < 4.78 is 10.9. The zero-order valence-electron chi connectivity index (χ0n) is 16.7. The van der Waals surface area contributed by atoms with Gasteiger partial charge < -0.3 is 14.5 Å². The molecule has 0 spiro atoms. The van der Waals surface area contributed by atoms with Crippen LogP contribution in [0.1, 0.15) is 41.6 Å². The molecular weight excluding hydrogens is 368 g/mol. The van der Waals surface area contributed by atoms with Crippen molar-refractivity contribution in [1.82, 2.24) is 10.3 Å². The highest BCUT2D eigenvalue weighted by Gasteiger charge is 2.24. The molecule has 3 aromatic rings. The van der Waals surface area contributed by atoms with Crippen LogP contribution in [0.15, 0.2) is 65.1 Å². The summed E-state index contributed by atoms with van der Waals surface area (Å²) in [6.45, 7) is 5.65. The molecule has 0 aliphatic rings. The summed E-state index contributed by atoms with van der Waals surface area (Å²) in [5.41, 5.74) is 1.96. The molecule has 150 valence electrons. The third-order valence-electron chi connectivity index (χ3n) is 4.61. The van der Waals surface area contributed by atoms with E-state index in [1.165, 1.54) is 6.92 Å². The SMILES string of the molecule is Cc1oc(-c2ccccc2)nc1C(=O)O[C@@H](C)C(=O)NC[C@@H](C)c1ccccc1. The van der Waals surface area contributed by atoms with Gasteiger partial charge in [0.25, 0.3) is 5.91 Å². The summed E-state index contributed by atoms with van der Waals surface area (Å²) in [7, 11) is 0. The molecule has 0 bridgehead atoms. The molecule has 6 nitrogen and oxygen atoms in total. The molecule has 1 N–H and O–H groups in total. The van der Waals surface area contributed by atoms with Crippen molar-refractivity contribution in [3.63, 3.8) is 0 Å². The van der Waals surface area contributed by atoms with Crippen LogP contribution >= 0.6 is 0 Å². The van der Waals surface area contributed by atoms with Crippen molar-refractivity contribution < 1.29 is 18.7 Å². The van der Waals surface area contributed by atoms with Crippen LogP contribution in [0.5, 0.6) is 0 Å². The molecule has 6 heteroatoms. The minimum atomic E-state index is -0.943. The lowest BCUT2D eigenvalue weighted by molar-refractivity contribution is -0.129. The molecule has 1 amide bonds. The quantitative estimate of drug-likeness (QED) is 0.612.